The molecule has 1 saturated heterocycles. The topological polar surface area (TPSA) is 71.1 Å². The molecule has 1 fully saturated rings. The van der Waals surface area contributed by atoms with E-state index in [2.05, 4.69) is 4.74 Å². The van der Waals surface area contributed by atoms with Crippen molar-refractivity contribution in [1.29, 1.82) is 0 Å². The molecule has 1 rings (SSSR count). The minimum Gasteiger partial charge on any atom is -0.467 e. The van der Waals surface area contributed by atoms with Crippen LogP contribution in [0.25, 0.3) is 0 Å². The molecule has 92 valence electrons. The van der Waals surface area contributed by atoms with Gasteiger partial charge in [0, 0.05) is 26.9 Å². The zero-order chi connectivity index (χ0) is 12.1. The molecule has 3 unspecified atom stereocenters. The lowest BCUT2D eigenvalue weighted by molar-refractivity contribution is -0.219. The molecule has 16 heavy (non-hydrogen) atoms. The molecule has 0 aromatic rings. The van der Waals surface area contributed by atoms with Crippen LogP contribution in [0, 0.1) is 0 Å². The average molecular weight is 232 g/mol. The zero-order valence-electron chi connectivity index (χ0n) is 9.60. The van der Waals surface area contributed by atoms with Crippen molar-refractivity contribution in [3.63, 3.8) is 0 Å². The summed E-state index contributed by atoms with van der Waals surface area (Å²) in [7, 11) is 2.75. The number of carbonyl (C=O) groups excluding carboxylic acids is 2. The maximum atomic E-state index is 11.3. The summed E-state index contributed by atoms with van der Waals surface area (Å²) in [5, 5.41) is 0. The maximum absolute atomic E-state index is 11.3. The fraction of sp³-hybridized carbons (Fsp3) is 0.800. The molecule has 0 radical (unpaired) electrons. The number of ether oxygens (including phenoxy) is 4. The summed E-state index contributed by atoms with van der Waals surface area (Å²) in [6.07, 6.45) is -0.953. The lowest BCUT2D eigenvalue weighted by Gasteiger charge is -2.32. The number of carbonyl (C=O) groups is 2. The van der Waals surface area contributed by atoms with E-state index in [9.17, 15) is 9.59 Å². The predicted molar refractivity (Wildman–Crippen MR) is 52.5 cm³/mol. The van der Waals surface area contributed by atoms with Gasteiger partial charge in [-0.05, 0) is 0 Å². The molecule has 0 N–H and O–H groups in total. The van der Waals surface area contributed by atoms with Crippen molar-refractivity contribution in [2.45, 2.75) is 38.3 Å². The first kappa shape index (κ1) is 12.9. The highest BCUT2D eigenvalue weighted by atomic mass is 16.7. The number of methoxy groups -OCH3 is 2. The third-order valence-electron chi connectivity index (χ3n) is 2.31. The Morgan fingerprint density at radius 3 is 2.44 bits per heavy atom. The summed E-state index contributed by atoms with van der Waals surface area (Å²) >= 11 is 0. The maximum Gasteiger partial charge on any atom is 0.335 e. The van der Waals surface area contributed by atoms with Gasteiger partial charge in [0.05, 0.1) is 7.11 Å². The molecule has 1 aliphatic rings. The van der Waals surface area contributed by atoms with E-state index in [4.69, 9.17) is 14.2 Å². The van der Waals surface area contributed by atoms with Crippen molar-refractivity contribution >= 4 is 11.9 Å². The highest BCUT2D eigenvalue weighted by Crippen LogP contribution is 2.23. The summed E-state index contributed by atoms with van der Waals surface area (Å²) in [5.74, 6) is -0.871. The Kier molecular flexibility index (Phi) is 4.70. The van der Waals surface area contributed by atoms with Gasteiger partial charge in [-0.15, -0.1) is 0 Å². The van der Waals surface area contributed by atoms with Gasteiger partial charge in [0.1, 0.15) is 6.10 Å². The molecular weight excluding hydrogens is 216 g/mol. The van der Waals surface area contributed by atoms with E-state index in [-0.39, 0.29) is 12.1 Å². The molecule has 0 aromatic heterocycles. The third-order valence-corrected chi connectivity index (χ3v) is 2.31. The van der Waals surface area contributed by atoms with Gasteiger partial charge in [0.25, 0.3) is 0 Å². The number of hydrogen-bond acceptors (Lipinski definition) is 6. The van der Waals surface area contributed by atoms with Gasteiger partial charge >= 0.3 is 11.9 Å². The largest absolute Gasteiger partial charge is 0.467 e. The minimum absolute atomic E-state index is 0.298. The van der Waals surface area contributed by atoms with Gasteiger partial charge in [-0.3, -0.25) is 4.79 Å². The van der Waals surface area contributed by atoms with Crippen LogP contribution in [0.4, 0.5) is 0 Å². The minimum atomic E-state index is -0.743. The van der Waals surface area contributed by atoms with Crippen LogP contribution >= 0.6 is 0 Å². The van der Waals surface area contributed by atoms with Crippen molar-refractivity contribution in [2.24, 2.45) is 0 Å². The number of rotatable bonds is 3. The van der Waals surface area contributed by atoms with Crippen LogP contribution in [0.3, 0.4) is 0 Å². The summed E-state index contributed by atoms with van der Waals surface area (Å²) in [4.78, 5) is 22.1. The Labute approximate surface area is 93.8 Å². The van der Waals surface area contributed by atoms with Gasteiger partial charge in [-0.1, -0.05) is 0 Å². The van der Waals surface area contributed by atoms with E-state index < -0.39 is 18.4 Å². The van der Waals surface area contributed by atoms with Crippen LogP contribution in [0.1, 0.15) is 19.8 Å². The lowest BCUT2D eigenvalue weighted by Crippen LogP contribution is -2.42. The first-order valence-corrected chi connectivity index (χ1v) is 5.00. The van der Waals surface area contributed by atoms with Crippen LogP contribution in [0.5, 0.6) is 0 Å². The van der Waals surface area contributed by atoms with Crippen molar-refractivity contribution < 1.29 is 28.5 Å². The average Bonchev–Trinajstić information content (AvgIpc) is 2.26. The normalized spacial score (nSPS) is 29.6. The Bertz CT molecular complexity index is 264. The smallest absolute Gasteiger partial charge is 0.335 e. The molecular formula is C10H16O6. The number of hydrogen-bond donors (Lipinski definition) is 0. The van der Waals surface area contributed by atoms with Gasteiger partial charge in [-0.2, -0.15) is 0 Å². The predicted octanol–water partition coefficient (Wildman–Crippen LogP) is 0.243. The van der Waals surface area contributed by atoms with Gasteiger partial charge < -0.3 is 18.9 Å². The highest BCUT2D eigenvalue weighted by Gasteiger charge is 2.35. The van der Waals surface area contributed by atoms with Crippen LogP contribution in [-0.4, -0.2) is 44.7 Å². The molecule has 0 saturated carbocycles. The monoisotopic (exact) mass is 232 g/mol. The van der Waals surface area contributed by atoms with Crippen molar-refractivity contribution in [3.8, 4) is 0 Å². The first-order valence-electron chi connectivity index (χ1n) is 5.00. The van der Waals surface area contributed by atoms with E-state index in [1.807, 2.05) is 0 Å². The van der Waals surface area contributed by atoms with Gasteiger partial charge in [-0.25, -0.2) is 4.79 Å². The van der Waals surface area contributed by atoms with Crippen LogP contribution in [-0.2, 0) is 28.5 Å². The molecule has 1 aliphatic heterocycles. The molecule has 0 aliphatic carbocycles. The Hall–Kier alpha value is -1.14. The number of esters is 2. The van der Waals surface area contributed by atoms with E-state index in [0.29, 0.717) is 12.8 Å². The van der Waals surface area contributed by atoms with Crippen LogP contribution < -0.4 is 0 Å². The Morgan fingerprint density at radius 2 is 1.94 bits per heavy atom. The molecule has 1 heterocycles. The summed E-state index contributed by atoms with van der Waals surface area (Å²) in [5.41, 5.74) is 0. The second-order valence-corrected chi connectivity index (χ2v) is 3.52. The second kappa shape index (κ2) is 5.81. The molecule has 0 aromatic carbocycles. The van der Waals surface area contributed by atoms with Gasteiger partial charge in [0.15, 0.2) is 12.4 Å². The molecule has 6 nitrogen and oxygen atoms in total. The highest BCUT2D eigenvalue weighted by molar-refractivity contribution is 5.74. The SMILES string of the molecule is COC(=O)C1CC(OC(C)=O)CC(OC)O1. The van der Waals surface area contributed by atoms with E-state index in [1.165, 1.54) is 21.1 Å². The Balaban J connectivity index is 2.60. The van der Waals surface area contributed by atoms with E-state index in [0.717, 1.165) is 0 Å². The van der Waals surface area contributed by atoms with Crippen molar-refractivity contribution in [3.05, 3.63) is 0 Å². The third kappa shape index (κ3) is 3.46. The zero-order valence-corrected chi connectivity index (χ0v) is 9.60. The van der Waals surface area contributed by atoms with E-state index >= 15 is 0 Å². The fourth-order valence-electron chi connectivity index (χ4n) is 1.61. The second-order valence-electron chi connectivity index (χ2n) is 3.52. The standard InChI is InChI=1S/C10H16O6/c1-6(11)15-7-4-8(10(12)14-3)16-9(5-7)13-2/h7-9H,4-5H2,1-3H3. The van der Waals surface area contributed by atoms with Crippen LogP contribution in [0.2, 0.25) is 0 Å². The van der Waals surface area contributed by atoms with Crippen molar-refractivity contribution in [2.75, 3.05) is 14.2 Å². The van der Waals surface area contributed by atoms with Gasteiger partial charge in [0.2, 0.25) is 0 Å². The van der Waals surface area contributed by atoms with E-state index in [1.54, 1.807) is 0 Å². The Morgan fingerprint density at radius 1 is 1.25 bits per heavy atom. The quantitative estimate of drug-likeness (QED) is 0.649. The van der Waals surface area contributed by atoms with Crippen molar-refractivity contribution in [1.82, 2.24) is 0 Å². The molecule has 0 spiro atoms. The summed E-state index contributed by atoms with van der Waals surface area (Å²) in [6.45, 7) is 1.32. The lowest BCUT2D eigenvalue weighted by atomic mass is 10.0. The molecule has 0 bridgehead atoms. The fourth-order valence-corrected chi connectivity index (χ4v) is 1.61. The summed E-state index contributed by atoms with van der Waals surface area (Å²) in [6, 6.07) is 0. The first-order chi connectivity index (χ1) is 7.56. The molecule has 0 amide bonds. The molecule has 6 heteroatoms. The summed E-state index contributed by atoms with van der Waals surface area (Å²) < 4.78 is 19.9. The van der Waals surface area contributed by atoms with Crippen LogP contribution in [0.15, 0.2) is 0 Å². The molecule has 3 atom stereocenters.